The fourth-order valence-corrected chi connectivity index (χ4v) is 2.73. The average molecular weight is 554 g/mol. The summed E-state index contributed by atoms with van der Waals surface area (Å²) in [6.07, 6.45) is -11.9. The number of ether oxygens (including phenoxy) is 1. The Labute approximate surface area is 186 Å². The van der Waals surface area contributed by atoms with Crippen LogP contribution in [0.25, 0.3) is 0 Å². The molecule has 0 N–H and O–H groups in total. The Balaban J connectivity index is 3.16. The largest absolute Gasteiger partial charge is 0.459 e. The van der Waals surface area contributed by atoms with Crippen LogP contribution < -0.4 is 0 Å². The number of alkyl halides is 15. The molecule has 0 aliphatic carbocycles. The Kier molecular flexibility index (Phi) is 8.66. The van der Waals surface area contributed by atoms with E-state index in [1.807, 2.05) is 0 Å². The number of hydrogen-bond acceptors (Lipinski definition) is 3. The van der Waals surface area contributed by atoms with Gasteiger partial charge in [0.25, 0.3) is 5.91 Å². The van der Waals surface area contributed by atoms with Gasteiger partial charge >= 0.3 is 41.7 Å². The Bertz CT molecular complexity index is 748. The molecule has 1 amide bonds. The Morgan fingerprint density at radius 2 is 1.17 bits per heavy atom. The van der Waals surface area contributed by atoms with E-state index < -0.39 is 60.6 Å². The molecule has 0 radical (unpaired) electrons. The molecule has 1 rings (SSSR count). The minimum atomic E-state index is -7.69. The quantitative estimate of drug-likeness (QED) is 0.372. The van der Waals surface area contributed by atoms with Gasteiger partial charge in [0.05, 0.1) is 19.6 Å². The first-order chi connectivity index (χ1) is 15.4. The van der Waals surface area contributed by atoms with Crippen molar-refractivity contribution in [3.8, 4) is 0 Å². The van der Waals surface area contributed by atoms with Crippen LogP contribution in [0, 0.1) is 0 Å². The molecule has 0 unspecified atom stereocenters. The lowest BCUT2D eigenvalue weighted by molar-refractivity contribution is -0.392. The summed E-state index contributed by atoms with van der Waals surface area (Å²) in [4.78, 5) is 12.9. The number of halogens is 15. The molecule has 1 saturated heterocycles. The molecule has 208 valence electrons. The molecule has 0 aromatic carbocycles. The number of morpholine rings is 1. The van der Waals surface area contributed by atoms with Gasteiger partial charge in [-0.25, -0.2) is 0 Å². The first-order valence-electron chi connectivity index (χ1n) is 9.26. The number of carbonyl (C=O) groups excluding carboxylic acids is 1. The third-order valence-corrected chi connectivity index (χ3v) is 4.98. The first-order valence-corrected chi connectivity index (χ1v) is 9.26. The highest BCUT2D eigenvalue weighted by Crippen LogP contribution is 2.58. The van der Waals surface area contributed by atoms with Gasteiger partial charge in [0.1, 0.15) is 0 Å². The zero-order valence-corrected chi connectivity index (χ0v) is 17.3. The molecule has 19 heteroatoms. The van der Waals surface area contributed by atoms with Crippen LogP contribution in [-0.4, -0.2) is 104 Å². The molecular formula is C16H17F15N2O2. The number of likely N-dealkylation sites (N-methyl/N-ethyl adjacent to an activating group) is 1. The van der Waals surface area contributed by atoms with E-state index in [2.05, 4.69) is 0 Å². The molecule has 0 spiro atoms. The molecule has 0 aromatic heterocycles. The van der Waals surface area contributed by atoms with Crippen molar-refractivity contribution in [3.05, 3.63) is 0 Å². The van der Waals surface area contributed by atoms with E-state index in [4.69, 9.17) is 4.74 Å². The van der Waals surface area contributed by atoms with Crippen LogP contribution in [0.15, 0.2) is 0 Å². The topological polar surface area (TPSA) is 32.8 Å². The average Bonchev–Trinajstić information content (AvgIpc) is 2.69. The van der Waals surface area contributed by atoms with E-state index in [1.54, 1.807) is 0 Å². The lowest BCUT2D eigenvalue weighted by Crippen LogP contribution is -2.68. The smallest absolute Gasteiger partial charge is 0.379 e. The molecule has 0 bridgehead atoms. The van der Waals surface area contributed by atoms with Gasteiger partial charge in [-0.3, -0.25) is 9.69 Å². The maximum atomic E-state index is 14.0. The van der Waals surface area contributed by atoms with Crippen molar-refractivity contribution in [1.29, 1.82) is 0 Å². The van der Waals surface area contributed by atoms with Gasteiger partial charge in [-0.2, -0.15) is 65.9 Å². The maximum Gasteiger partial charge on any atom is 0.459 e. The van der Waals surface area contributed by atoms with Crippen LogP contribution in [0.1, 0.15) is 6.42 Å². The molecule has 4 nitrogen and oxygen atoms in total. The highest BCUT2D eigenvalue weighted by atomic mass is 19.4. The van der Waals surface area contributed by atoms with Crippen molar-refractivity contribution in [2.75, 3.05) is 46.4 Å². The second-order valence-corrected chi connectivity index (χ2v) is 7.56. The summed E-state index contributed by atoms with van der Waals surface area (Å²) in [7, 11) is 0.390. The molecule has 35 heavy (non-hydrogen) atoms. The van der Waals surface area contributed by atoms with E-state index in [9.17, 15) is 70.7 Å². The molecule has 1 aliphatic heterocycles. The third kappa shape index (κ3) is 5.69. The minimum absolute atomic E-state index is 0.158. The standard InChI is InChI=1S/C16H17F15N2O2/c1-32(2-3-33-4-6-35-7-5-33)9(34)12(21,22)15(27,28)13(23,24)10(17,18)8-11(19,20)14(25,26)16(29,30)31/h2-8H2,1H3. The van der Waals surface area contributed by atoms with Gasteiger partial charge in [-0.1, -0.05) is 0 Å². The lowest BCUT2D eigenvalue weighted by atomic mass is 9.92. The number of hydrogen-bond donors (Lipinski definition) is 0. The molecule has 0 saturated carbocycles. The van der Waals surface area contributed by atoms with E-state index in [0.29, 0.717) is 7.05 Å². The maximum absolute atomic E-state index is 14.0. The number of carbonyl (C=O) groups is 1. The summed E-state index contributed by atoms with van der Waals surface area (Å²) in [5, 5.41) is 0. The Hall–Kier alpha value is -1.66. The van der Waals surface area contributed by atoms with Crippen LogP contribution in [0.4, 0.5) is 65.9 Å². The van der Waals surface area contributed by atoms with Crippen molar-refractivity contribution < 1.29 is 75.4 Å². The summed E-state index contributed by atoms with van der Waals surface area (Å²) in [6.45, 7) is -0.428. The minimum Gasteiger partial charge on any atom is -0.379 e. The van der Waals surface area contributed by atoms with Crippen molar-refractivity contribution in [2.24, 2.45) is 0 Å². The van der Waals surface area contributed by atoms with Gasteiger partial charge in [0.15, 0.2) is 0 Å². The molecule has 1 heterocycles. The van der Waals surface area contributed by atoms with Gasteiger partial charge in [-0.05, 0) is 0 Å². The van der Waals surface area contributed by atoms with Gasteiger partial charge < -0.3 is 9.64 Å². The predicted molar refractivity (Wildman–Crippen MR) is 85.3 cm³/mol. The molecular weight excluding hydrogens is 537 g/mol. The van der Waals surface area contributed by atoms with Crippen molar-refractivity contribution in [1.82, 2.24) is 9.80 Å². The zero-order chi connectivity index (χ0) is 27.9. The number of rotatable bonds is 10. The fraction of sp³-hybridized carbons (Fsp3) is 0.938. The van der Waals surface area contributed by atoms with E-state index in [1.165, 1.54) is 4.90 Å². The second kappa shape index (κ2) is 9.66. The molecule has 0 atom stereocenters. The summed E-state index contributed by atoms with van der Waals surface area (Å²) in [5.74, 6) is -46.9. The summed E-state index contributed by atoms with van der Waals surface area (Å²) >= 11 is 0. The Morgan fingerprint density at radius 1 is 0.743 bits per heavy atom. The fourth-order valence-electron chi connectivity index (χ4n) is 2.73. The van der Waals surface area contributed by atoms with Crippen LogP contribution in [0.3, 0.4) is 0 Å². The van der Waals surface area contributed by atoms with Gasteiger partial charge in [0.2, 0.25) is 0 Å². The van der Waals surface area contributed by atoms with Crippen molar-refractivity contribution >= 4 is 5.91 Å². The Morgan fingerprint density at radius 3 is 1.60 bits per heavy atom. The molecule has 1 fully saturated rings. The third-order valence-electron chi connectivity index (χ3n) is 4.98. The van der Waals surface area contributed by atoms with Crippen molar-refractivity contribution in [2.45, 2.75) is 48.1 Å². The van der Waals surface area contributed by atoms with E-state index in [0.717, 1.165) is 0 Å². The summed E-state index contributed by atoms with van der Waals surface area (Å²) < 4.78 is 203. The second-order valence-electron chi connectivity index (χ2n) is 7.56. The van der Waals surface area contributed by atoms with Gasteiger partial charge in [-0.15, -0.1) is 0 Å². The monoisotopic (exact) mass is 554 g/mol. The number of amides is 1. The zero-order valence-electron chi connectivity index (χ0n) is 17.3. The van der Waals surface area contributed by atoms with Crippen molar-refractivity contribution in [3.63, 3.8) is 0 Å². The number of nitrogens with zero attached hydrogens (tertiary/aromatic N) is 2. The predicted octanol–water partition coefficient (Wildman–Crippen LogP) is 4.54. The highest BCUT2D eigenvalue weighted by Gasteiger charge is 2.85. The first kappa shape index (κ1) is 31.4. The van der Waals surface area contributed by atoms with Crippen LogP contribution in [-0.2, 0) is 9.53 Å². The van der Waals surface area contributed by atoms with Gasteiger partial charge in [0, 0.05) is 33.2 Å². The molecule has 1 aliphatic rings. The molecule has 0 aromatic rings. The van der Waals surface area contributed by atoms with Crippen LogP contribution in [0.2, 0.25) is 0 Å². The van der Waals surface area contributed by atoms with E-state index in [-0.39, 0.29) is 37.7 Å². The van der Waals surface area contributed by atoms with Crippen LogP contribution in [0.5, 0.6) is 0 Å². The van der Waals surface area contributed by atoms with E-state index >= 15 is 0 Å². The summed E-state index contributed by atoms with van der Waals surface area (Å²) in [6, 6.07) is 0. The summed E-state index contributed by atoms with van der Waals surface area (Å²) in [5.41, 5.74) is 0. The SMILES string of the molecule is CN(CCN1CCOCC1)C(=O)C(F)(F)C(F)(F)C(F)(F)C(F)(F)CC(F)(F)C(F)(F)C(F)(F)F. The normalized spacial score (nSPS) is 18.1. The lowest BCUT2D eigenvalue weighted by Gasteiger charge is -2.39. The highest BCUT2D eigenvalue weighted by molar-refractivity contribution is 5.84. The van der Waals surface area contributed by atoms with Crippen LogP contribution >= 0.6 is 0 Å².